The number of amides is 1. The quantitative estimate of drug-likeness (QED) is 0.633. The number of carbonyl (C=O) groups excluding carboxylic acids is 1. The Morgan fingerprint density at radius 3 is 2.26 bits per heavy atom. The minimum Gasteiger partial charge on any atom is -0.496 e. The molecule has 8 heteroatoms. The highest BCUT2D eigenvalue weighted by Crippen LogP contribution is 2.46. The second-order valence-corrected chi connectivity index (χ2v) is 7.87. The second-order valence-electron chi connectivity index (χ2n) is 7.87. The third-order valence-corrected chi connectivity index (χ3v) is 5.14. The number of hydrogen-bond donors (Lipinski definition) is 1. The molecule has 1 N–H and O–H groups in total. The van der Waals surface area contributed by atoms with Crippen molar-refractivity contribution in [1.29, 1.82) is 0 Å². The third-order valence-electron chi connectivity index (χ3n) is 5.14. The standard InChI is InChI=1S/C23H30F3N3O2/c1-15-8-9-17(14-16(15)2)22(30)27-18-10-11-19(31-6)20(23(24,25)26)21(18)29(5)13-7-12-28(3)4/h8-11,14H,7,12-13H2,1-6H3,(H,27,30). The van der Waals surface area contributed by atoms with Gasteiger partial charge in [0.15, 0.2) is 0 Å². The Labute approximate surface area is 181 Å². The molecule has 0 fully saturated rings. The van der Waals surface area contributed by atoms with E-state index in [2.05, 4.69) is 5.32 Å². The lowest BCUT2D eigenvalue weighted by Crippen LogP contribution is -2.27. The maximum Gasteiger partial charge on any atom is 0.422 e. The Morgan fingerprint density at radius 1 is 1.03 bits per heavy atom. The van der Waals surface area contributed by atoms with Crippen LogP contribution < -0.4 is 15.0 Å². The summed E-state index contributed by atoms with van der Waals surface area (Å²) < 4.78 is 47.1. The van der Waals surface area contributed by atoms with Crippen LogP contribution in [0.15, 0.2) is 30.3 Å². The van der Waals surface area contributed by atoms with Crippen LogP contribution in [0, 0.1) is 13.8 Å². The van der Waals surface area contributed by atoms with Crippen LogP contribution in [-0.2, 0) is 6.18 Å². The first kappa shape index (κ1) is 24.5. The van der Waals surface area contributed by atoms with Gasteiger partial charge in [0.05, 0.1) is 18.5 Å². The molecule has 0 spiro atoms. The molecule has 2 aromatic rings. The van der Waals surface area contributed by atoms with Crippen LogP contribution in [0.3, 0.4) is 0 Å². The predicted molar refractivity (Wildman–Crippen MR) is 118 cm³/mol. The van der Waals surface area contributed by atoms with Crippen molar-refractivity contribution < 1.29 is 22.7 Å². The van der Waals surface area contributed by atoms with Crippen LogP contribution in [0.1, 0.15) is 33.5 Å². The number of alkyl halides is 3. The Hall–Kier alpha value is -2.74. The fourth-order valence-electron chi connectivity index (χ4n) is 3.33. The number of hydrogen-bond acceptors (Lipinski definition) is 4. The SMILES string of the molecule is COc1ccc(NC(=O)c2ccc(C)c(C)c2)c(N(C)CCCN(C)C)c1C(F)(F)F. The zero-order valence-corrected chi connectivity index (χ0v) is 18.9. The molecular weight excluding hydrogens is 407 g/mol. The molecule has 0 unspecified atom stereocenters. The average Bonchev–Trinajstić information content (AvgIpc) is 2.68. The molecule has 0 saturated carbocycles. The molecule has 0 aromatic heterocycles. The highest BCUT2D eigenvalue weighted by Gasteiger charge is 2.39. The number of nitrogens with zero attached hydrogens (tertiary/aromatic N) is 2. The first-order valence-electron chi connectivity index (χ1n) is 9.98. The van der Waals surface area contributed by atoms with Crippen LogP contribution in [0.2, 0.25) is 0 Å². The molecule has 0 atom stereocenters. The summed E-state index contributed by atoms with van der Waals surface area (Å²) in [5.74, 6) is -0.754. The summed E-state index contributed by atoms with van der Waals surface area (Å²) in [6.45, 7) is 4.91. The van der Waals surface area contributed by atoms with E-state index >= 15 is 0 Å². The van der Waals surface area contributed by atoms with Gasteiger partial charge in [-0.25, -0.2) is 0 Å². The van der Waals surface area contributed by atoms with Gasteiger partial charge in [0.1, 0.15) is 11.3 Å². The van der Waals surface area contributed by atoms with Crippen molar-refractivity contribution in [2.24, 2.45) is 0 Å². The van der Waals surface area contributed by atoms with Crippen molar-refractivity contribution in [2.75, 3.05) is 51.6 Å². The van der Waals surface area contributed by atoms with E-state index in [1.165, 1.54) is 24.1 Å². The van der Waals surface area contributed by atoms with Crippen LogP contribution >= 0.6 is 0 Å². The van der Waals surface area contributed by atoms with Crippen LogP contribution in [0.25, 0.3) is 0 Å². The summed E-state index contributed by atoms with van der Waals surface area (Å²) in [6.07, 6.45) is -4.00. The zero-order chi connectivity index (χ0) is 23.3. The molecule has 170 valence electrons. The summed E-state index contributed by atoms with van der Waals surface area (Å²) in [6, 6.07) is 7.88. The van der Waals surface area contributed by atoms with Gasteiger partial charge < -0.3 is 19.9 Å². The Morgan fingerprint density at radius 2 is 1.71 bits per heavy atom. The molecule has 31 heavy (non-hydrogen) atoms. The van der Waals surface area contributed by atoms with Gasteiger partial charge in [-0.2, -0.15) is 13.2 Å². The van der Waals surface area contributed by atoms with E-state index in [9.17, 15) is 18.0 Å². The van der Waals surface area contributed by atoms with E-state index in [-0.39, 0.29) is 17.1 Å². The van der Waals surface area contributed by atoms with Crippen LogP contribution in [0.5, 0.6) is 5.75 Å². The van der Waals surface area contributed by atoms with Crippen molar-refractivity contribution in [3.8, 4) is 5.75 Å². The first-order valence-corrected chi connectivity index (χ1v) is 9.98. The molecule has 0 aliphatic carbocycles. The Kier molecular flexibility index (Phi) is 7.95. The van der Waals surface area contributed by atoms with Crippen molar-refractivity contribution in [3.05, 3.63) is 52.6 Å². The number of aryl methyl sites for hydroxylation is 2. The first-order chi connectivity index (χ1) is 14.5. The molecule has 0 heterocycles. The van der Waals surface area contributed by atoms with Gasteiger partial charge in [0.25, 0.3) is 5.91 Å². The highest BCUT2D eigenvalue weighted by atomic mass is 19.4. The summed E-state index contributed by atoms with van der Waals surface area (Å²) in [5.41, 5.74) is 1.42. The van der Waals surface area contributed by atoms with E-state index in [1.54, 1.807) is 19.2 Å². The number of rotatable bonds is 8. The molecule has 0 aliphatic heterocycles. The number of anilines is 2. The van der Waals surface area contributed by atoms with Crippen LogP contribution in [0.4, 0.5) is 24.5 Å². The van der Waals surface area contributed by atoms with Gasteiger partial charge >= 0.3 is 6.18 Å². The maximum absolute atomic E-state index is 14.0. The molecule has 0 radical (unpaired) electrons. The van der Waals surface area contributed by atoms with Crippen molar-refractivity contribution in [3.63, 3.8) is 0 Å². The lowest BCUT2D eigenvalue weighted by atomic mass is 10.0. The minimum atomic E-state index is -4.66. The fraction of sp³-hybridized carbons (Fsp3) is 0.435. The molecule has 2 rings (SSSR count). The molecule has 2 aromatic carbocycles. The van der Waals surface area contributed by atoms with Gasteiger partial charge in [-0.1, -0.05) is 6.07 Å². The number of halogens is 3. The molecule has 0 aliphatic rings. The fourth-order valence-corrected chi connectivity index (χ4v) is 3.33. The molecular formula is C23H30F3N3O2. The summed E-state index contributed by atoms with van der Waals surface area (Å²) in [7, 11) is 6.60. The van der Waals surface area contributed by atoms with E-state index in [0.29, 0.717) is 18.5 Å². The molecule has 1 amide bonds. The van der Waals surface area contributed by atoms with Gasteiger partial charge in [-0.3, -0.25) is 4.79 Å². The van der Waals surface area contributed by atoms with Gasteiger partial charge in [-0.05, 0) is 76.3 Å². The summed E-state index contributed by atoms with van der Waals surface area (Å²) in [5, 5.41) is 2.67. The number of nitrogens with one attached hydrogen (secondary N) is 1. The molecule has 5 nitrogen and oxygen atoms in total. The van der Waals surface area contributed by atoms with E-state index in [4.69, 9.17) is 4.74 Å². The molecule has 0 saturated heterocycles. The number of ether oxygens (including phenoxy) is 1. The second kappa shape index (κ2) is 10.0. The normalized spacial score (nSPS) is 11.5. The smallest absolute Gasteiger partial charge is 0.422 e. The zero-order valence-electron chi connectivity index (χ0n) is 18.9. The van der Waals surface area contributed by atoms with E-state index < -0.39 is 17.6 Å². The third kappa shape index (κ3) is 6.13. The van der Waals surface area contributed by atoms with Gasteiger partial charge in [0, 0.05) is 19.2 Å². The molecule has 0 bridgehead atoms. The van der Waals surface area contributed by atoms with E-state index in [0.717, 1.165) is 17.7 Å². The number of methoxy groups -OCH3 is 1. The Balaban J connectivity index is 2.49. The minimum absolute atomic E-state index is 0.0868. The van der Waals surface area contributed by atoms with Crippen LogP contribution in [-0.4, -0.2) is 52.1 Å². The lowest BCUT2D eigenvalue weighted by molar-refractivity contribution is -0.138. The van der Waals surface area contributed by atoms with E-state index in [1.807, 2.05) is 38.9 Å². The number of benzene rings is 2. The van der Waals surface area contributed by atoms with Gasteiger partial charge in [0.2, 0.25) is 0 Å². The monoisotopic (exact) mass is 437 g/mol. The average molecular weight is 438 g/mol. The predicted octanol–water partition coefficient (Wildman–Crippen LogP) is 4.97. The topological polar surface area (TPSA) is 44.8 Å². The largest absolute Gasteiger partial charge is 0.496 e. The lowest BCUT2D eigenvalue weighted by Gasteiger charge is -2.28. The van der Waals surface area contributed by atoms with Crippen molar-refractivity contribution in [2.45, 2.75) is 26.4 Å². The van der Waals surface area contributed by atoms with Crippen molar-refractivity contribution >= 4 is 17.3 Å². The summed E-state index contributed by atoms with van der Waals surface area (Å²) in [4.78, 5) is 16.3. The highest BCUT2D eigenvalue weighted by molar-refractivity contribution is 6.06. The van der Waals surface area contributed by atoms with Crippen molar-refractivity contribution in [1.82, 2.24) is 4.90 Å². The maximum atomic E-state index is 14.0. The summed E-state index contributed by atoms with van der Waals surface area (Å²) >= 11 is 0. The van der Waals surface area contributed by atoms with Gasteiger partial charge in [-0.15, -0.1) is 0 Å². The number of carbonyl (C=O) groups is 1. The Bertz CT molecular complexity index is 927.